The Labute approximate surface area is 146 Å². The number of hydrogen-bond acceptors (Lipinski definition) is 2. The van der Waals surface area contributed by atoms with Crippen molar-refractivity contribution in [1.29, 1.82) is 0 Å². The molecule has 1 N–H and O–H groups in total. The Balaban J connectivity index is 1.54. The number of amides is 1. The van der Waals surface area contributed by atoms with Crippen LogP contribution in [0.2, 0.25) is 0 Å². The zero-order valence-corrected chi connectivity index (χ0v) is 14.3. The molecule has 0 spiro atoms. The Bertz CT molecular complexity index is 892. The highest BCUT2D eigenvalue weighted by atomic mass is 19.1. The van der Waals surface area contributed by atoms with Gasteiger partial charge in [0, 0.05) is 28.7 Å². The monoisotopic (exact) mass is 337 g/mol. The third kappa shape index (κ3) is 2.69. The number of carbonyl (C=O) groups excluding carboxylic acids is 1. The van der Waals surface area contributed by atoms with Gasteiger partial charge in [0.2, 0.25) is 0 Å². The first-order valence-electron chi connectivity index (χ1n) is 8.53. The van der Waals surface area contributed by atoms with E-state index < -0.39 is 0 Å². The molecule has 1 aromatic carbocycles. The van der Waals surface area contributed by atoms with Crippen LogP contribution < -0.4 is 5.43 Å². The summed E-state index contributed by atoms with van der Waals surface area (Å²) in [5.41, 5.74) is 6.94. The van der Waals surface area contributed by atoms with Crippen molar-refractivity contribution in [3.8, 4) is 5.69 Å². The molecule has 2 unspecified atom stereocenters. The van der Waals surface area contributed by atoms with Gasteiger partial charge in [-0.3, -0.25) is 4.79 Å². The summed E-state index contributed by atoms with van der Waals surface area (Å²) < 4.78 is 15.1. The van der Waals surface area contributed by atoms with Crippen molar-refractivity contribution in [3.05, 3.63) is 65.3 Å². The Morgan fingerprint density at radius 2 is 2.04 bits per heavy atom. The summed E-state index contributed by atoms with van der Waals surface area (Å²) in [5.74, 6) is 0.606. The molecule has 2 aliphatic carbocycles. The van der Waals surface area contributed by atoms with Crippen molar-refractivity contribution in [2.75, 3.05) is 0 Å². The predicted molar refractivity (Wildman–Crippen MR) is 95.5 cm³/mol. The SMILES string of the molecule is Cc1cc(C(=O)N/N=C2\CC3C=CCC23)c(C)n1-c1ccc(F)cc1. The van der Waals surface area contributed by atoms with E-state index in [0.29, 0.717) is 17.4 Å². The molecule has 128 valence electrons. The van der Waals surface area contributed by atoms with Crippen LogP contribution in [0.3, 0.4) is 0 Å². The number of nitrogens with one attached hydrogen (secondary N) is 1. The third-order valence-electron chi connectivity index (χ3n) is 5.22. The molecule has 2 atom stereocenters. The standard InChI is InChI=1S/C20H20FN3O/c1-12-10-18(13(2)24(12)16-8-6-15(21)7-9-16)20(25)23-22-19-11-14-4-3-5-17(14)19/h3-4,6-10,14,17H,5,11H2,1-2H3,(H,23,25)/b22-19+. The van der Waals surface area contributed by atoms with E-state index in [1.54, 1.807) is 12.1 Å². The van der Waals surface area contributed by atoms with Gasteiger partial charge in [0.1, 0.15) is 5.82 Å². The van der Waals surface area contributed by atoms with E-state index in [9.17, 15) is 9.18 Å². The lowest BCUT2D eigenvalue weighted by Gasteiger charge is -2.31. The van der Waals surface area contributed by atoms with Crippen LogP contribution in [-0.4, -0.2) is 16.2 Å². The summed E-state index contributed by atoms with van der Waals surface area (Å²) in [6.45, 7) is 3.82. The number of allylic oxidation sites excluding steroid dienone is 2. The second-order valence-corrected chi connectivity index (χ2v) is 6.78. The van der Waals surface area contributed by atoms with Gasteiger partial charge < -0.3 is 4.57 Å². The number of benzene rings is 1. The van der Waals surface area contributed by atoms with Gasteiger partial charge in [-0.05, 0) is 62.9 Å². The van der Waals surface area contributed by atoms with Crippen molar-refractivity contribution in [2.45, 2.75) is 26.7 Å². The Morgan fingerprint density at radius 3 is 2.76 bits per heavy atom. The van der Waals surface area contributed by atoms with E-state index in [-0.39, 0.29) is 11.7 Å². The summed E-state index contributed by atoms with van der Waals surface area (Å²) in [4.78, 5) is 12.5. The lowest BCUT2D eigenvalue weighted by atomic mass is 9.74. The van der Waals surface area contributed by atoms with Crippen LogP contribution in [-0.2, 0) is 0 Å². The maximum Gasteiger partial charge on any atom is 0.273 e. The van der Waals surface area contributed by atoms with Crippen LogP contribution >= 0.6 is 0 Å². The number of halogens is 1. The van der Waals surface area contributed by atoms with Gasteiger partial charge in [0.25, 0.3) is 5.91 Å². The molecule has 4 nitrogen and oxygen atoms in total. The molecule has 1 saturated carbocycles. The number of aromatic nitrogens is 1. The quantitative estimate of drug-likeness (QED) is 0.670. The summed E-state index contributed by atoms with van der Waals surface area (Å²) in [6, 6.07) is 8.09. The summed E-state index contributed by atoms with van der Waals surface area (Å²) in [7, 11) is 0. The summed E-state index contributed by atoms with van der Waals surface area (Å²) in [5, 5.41) is 4.33. The van der Waals surface area contributed by atoms with Crippen LogP contribution in [0, 0.1) is 31.5 Å². The van der Waals surface area contributed by atoms with Gasteiger partial charge in [-0.2, -0.15) is 5.10 Å². The van der Waals surface area contributed by atoms with E-state index in [2.05, 4.69) is 22.7 Å². The molecule has 0 saturated heterocycles. The lowest BCUT2D eigenvalue weighted by molar-refractivity contribution is 0.0953. The molecule has 0 radical (unpaired) electrons. The zero-order valence-electron chi connectivity index (χ0n) is 14.3. The van der Waals surface area contributed by atoms with Crippen molar-refractivity contribution in [1.82, 2.24) is 9.99 Å². The molecule has 1 aromatic heterocycles. The molecule has 4 rings (SSSR count). The van der Waals surface area contributed by atoms with Crippen LogP contribution in [0.1, 0.15) is 34.6 Å². The molecule has 2 aromatic rings. The smallest absolute Gasteiger partial charge is 0.273 e. The number of fused-ring (bicyclic) bond motifs is 1. The molecule has 2 aliphatic rings. The van der Waals surface area contributed by atoms with E-state index in [4.69, 9.17) is 0 Å². The number of hydrogen-bond donors (Lipinski definition) is 1. The highest BCUT2D eigenvalue weighted by Crippen LogP contribution is 2.40. The van der Waals surface area contributed by atoms with Gasteiger partial charge in [0.15, 0.2) is 0 Å². The van der Waals surface area contributed by atoms with Gasteiger partial charge in [0.05, 0.1) is 5.56 Å². The number of carbonyl (C=O) groups is 1. The van der Waals surface area contributed by atoms with Gasteiger partial charge in [-0.25, -0.2) is 9.82 Å². The van der Waals surface area contributed by atoms with Gasteiger partial charge in [-0.1, -0.05) is 12.2 Å². The molecular weight excluding hydrogens is 317 g/mol. The first kappa shape index (κ1) is 15.8. The largest absolute Gasteiger partial charge is 0.318 e. The number of rotatable bonds is 3. The van der Waals surface area contributed by atoms with Crippen LogP contribution in [0.15, 0.2) is 47.6 Å². The van der Waals surface area contributed by atoms with Crippen molar-refractivity contribution < 1.29 is 9.18 Å². The fraction of sp³-hybridized carbons (Fsp3) is 0.300. The van der Waals surface area contributed by atoms with Gasteiger partial charge >= 0.3 is 0 Å². The predicted octanol–water partition coefficient (Wildman–Crippen LogP) is 3.92. The van der Waals surface area contributed by atoms with Crippen molar-refractivity contribution in [2.24, 2.45) is 16.9 Å². The highest BCUT2D eigenvalue weighted by Gasteiger charge is 2.38. The van der Waals surface area contributed by atoms with E-state index in [1.807, 2.05) is 24.5 Å². The van der Waals surface area contributed by atoms with Crippen molar-refractivity contribution in [3.63, 3.8) is 0 Å². The maximum absolute atomic E-state index is 13.2. The Hall–Kier alpha value is -2.69. The lowest BCUT2D eigenvalue weighted by Crippen LogP contribution is -2.35. The number of nitrogens with zero attached hydrogens (tertiary/aromatic N) is 2. The average Bonchev–Trinajstić information content (AvgIpc) is 3.09. The maximum atomic E-state index is 13.2. The van der Waals surface area contributed by atoms with E-state index in [0.717, 1.165) is 35.6 Å². The first-order valence-corrected chi connectivity index (χ1v) is 8.53. The third-order valence-corrected chi connectivity index (χ3v) is 5.22. The molecule has 1 heterocycles. The summed E-state index contributed by atoms with van der Waals surface area (Å²) >= 11 is 0. The molecule has 25 heavy (non-hydrogen) atoms. The second kappa shape index (κ2) is 5.99. The second-order valence-electron chi connectivity index (χ2n) is 6.78. The minimum Gasteiger partial charge on any atom is -0.318 e. The molecule has 5 heteroatoms. The van der Waals surface area contributed by atoms with Crippen LogP contribution in [0.25, 0.3) is 5.69 Å². The first-order chi connectivity index (χ1) is 12.0. The Kier molecular flexibility index (Phi) is 3.79. The molecule has 0 aliphatic heterocycles. The minimum absolute atomic E-state index is 0.205. The number of aryl methyl sites for hydroxylation is 1. The molecule has 1 amide bonds. The average molecular weight is 337 g/mol. The molecule has 0 bridgehead atoms. The minimum atomic E-state index is -0.278. The number of hydrazone groups is 1. The molecule has 1 fully saturated rings. The van der Waals surface area contributed by atoms with Gasteiger partial charge in [-0.15, -0.1) is 0 Å². The van der Waals surface area contributed by atoms with E-state index >= 15 is 0 Å². The fourth-order valence-electron chi connectivity index (χ4n) is 3.83. The van der Waals surface area contributed by atoms with Crippen LogP contribution in [0.5, 0.6) is 0 Å². The van der Waals surface area contributed by atoms with Crippen molar-refractivity contribution >= 4 is 11.6 Å². The van der Waals surface area contributed by atoms with Crippen LogP contribution in [0.4, 0.5) is 4.39 Å². The normalized spacial score (nSPS) is 22.8. The highest BCUT2D eigenvalue weighted by molar-refractivity contribution is 5.99. The topological polar surface area (TPSA) is 46.4 Å². The Morgan fingerprint density at radius 1 is 1.28 bits per heavy atom. The zero-order chi connectivity index (χ0) is 17.6. The summed E-state index contributed by atoms with van der Waals surface area (Å²) in [6.07, 6.45) is 6.40. The van der Waals surface area contributed by atoms with E-state index in [1.165, 1.54) is 12.1 Å². The fourth-order valence-corrected chi connectivity index (χ4v) is 3.83. The molecular formula is C20H20FN3O.